The van der Waals surface area contributed by atoms with E-state index >= 15 is 0 Å². The molecule has 2 aromatic rings. The van der Waals surface area contributed by atoms with Gasteiger partial charge in [0.15, 0.2) is 0 Å². The van der Waals surface area contributed by atoms with Crippen LogP contribution >= 0.6 is 23.2 Å². The summed E-state index contributed by atoms with van der Waals surface area (Å²) in [5, 5.41) is 3.76. The second-order valence-corrected chi connectivity index (χ2v) is 8.42. The molecule has 0 aliphatic carbocycles. The zero-order chi connectivity index (χ0) is 22.3. The minimum atomic E-state index is -0.635. The van der Waals surface area contributed by atoms with Crippen molar-refractivity contribution in [3.8, 4) is 5.75 Å². The number of halogens is 2. The summed E-state index contributed by atoms with van der Waals surface area (Å²) in [5.74, 6) is 0.699. The molecule has 7 heteroatoms. The summed E-state index contributed by atoms with van der Waals surface area (Å²) in [6.07, 6.45) is 0.174. The molecule has 2 aromatic carbocycles. The molecule has 0 heterocycles. The van der Waals surface area contributed by atoms with Gasteiger partial charge in [-0.1, -0.05) is 55.2 Å². The van der Waals surface area contributed by atoms with Gasteiger partial charge >= 0.3 is 0 Å². The molecule has 1 atom stereocenters. The molecule has 0 radical (unpaired) electrons. The van der Waals surface area contributed by atoms with Gasteiger partial charge in [0.1, 0.15) is 11.8 Å². The zero-order valence-corrected chi connectivity index (χ0v) is 19.3. The first-order valence-electron chi connectivity index (χ1n) is 9.85. The molecular weight excluding hydrogens is 423 g/mol. The lowest BCUT2D eigenvalue weighted by molar-refractivity contribution is -0.140. The maximum atomic E-state index is 13.2. The molecule has 162 valence electrons. The van der Waals surface area contributed by atoms with Crippen molar-refractivity contribution in [3.63, 3.8) is 0 Å². The fourth-order valence-electron chi connectivity index (χ4n) is 2.89. The van der Waals surface area contributed by atoms with E-state index in [0.29, 0.717) is 22.5 Å². The third-order valence-electron chi connectivity index (χ3n) is 4.70. The normalized spacial score (nSPS) is 11.8. The predicted octanol–water partition coefficient (Wildman–Crippen LogP) is 4.73. The Labute approximate surface area is 188 Å². The molecular formula is C23H28Cl2N2O3. The van der Waals surface area contributed by atoms with E-state index in [1.807, 2.05) is 38.1 Å². The first-order valence-corrected chi connectivity index (χ1v) is 10.6. The highest BCUT2D eigenvalue weighted by Crippen LogP contribution is 2.24. The van der Waals surface area contributed by atoms with Gasteiger partial charge in [-0.05, 0) is 48.2 Å². The number of hydrogen-bond donors (Lipinski definition) is 1. The number of hydrogen-bond acceptors (Lipinski definition) is 3. The van der Waals surface area contributed by atoms with Gasteiger partial charge in [-0.3, -0.25) is 9.59 Å². The van der Waals surface area contributed by atoms with Crippen molar-refractivity contribution >= 4 is 35.0 Å². The largest absolute Gasteiger partial charge is 0.497 e. The number of methoxy groups -OCH3 is 1. The minimum Gasteiger partial charge on any atom is -0.497 e. The van der Waals surface area contributed by atoms with Crippen molar-refractivity contribution in [1.29, 1.82) is 0 Å². The summed E-state index contributed by atoms with van der Waals surface area (Å²) >= 11 is 12.1. The topological polar surface area (TPSA) is 58.6 Å². The lowest BCUT2D eigenvalue weighted by Crippen LogP contribution is -2.48. The highest BCUT2D eigenvalue weighted by Gasteiger charge is 2.26. The molecule has 1 unspecified atom stereocenters. The Morgan fingerprint density at radius 2 is 1.63 bits per heavy atom. The lowest BCUT2D eigenvalue weighted by atomic mass is 10.1. The summed E-state index contributed by atoms with van der Waals surface area (Å²) in [5.41, 5.74) is 1.64. The molecule has 1 N–H and O–H groups in total. The fourth-order valence-corrected chi connectivity index (χ4v) is 3.21. The van der Waals surface area contributed by atoms with E-state index in [9.17, 15) is 9.59 Å². The van der Waals surface area contributed by atoms with Gasteiger partial charge in [-0.15, -0.1) is 0 Å². The van der Waals surface area contributed by atoms with E-state index in [4.69, 9.17) is 27.9 Å². The predicted molar refractivity (Wildman–Crippen MR) is 121 cm³/mol. The van der Waals surface area contributed by atoms with E-state index < -0.39 is 6.04 Å². The van der Waals surface area contributed by atoms with Crippen LogP contribution in [0, 0.1) is 5.92 Å². The maximum absolute atomic E-state index is 13.2. The molecule has 5 nitrogen and oxygen atoms in total. The third kappa shape index (κ3) is 6.92. The van der Waals surface area contributed by atoms with E-state index in [1.54, 1.807) is 37.1 Å². The number of benzene rings is 2. The maximum Gasteiger partial charge on any atom is 0.242 e. The molecule has 0 aromatic heterocycles. The highest BCUT2D eigenvalue weighted by atomic mass is 35.5. The summed E-state index contributed by atoms with van der Waals surface area (Å²) in [4.78, 5) is 27.4. The Kier molecular flexibility index (Phi) is 9.00. The van der Waals surface area contributed by atoms with Crippen molar-refractivity contribution in [3.05, 3.63) is 63.6 Å². The quantitative estimate of drug-likeness (QED) is 0.600. The average Bonchev–Trinajstić information content (AvgIpc) is 2.72. The van der Waals surface area contributed by atoms with Crippen molar-refractivity contribution in [1.82, 2.24) is 10.2 Å². The summed E-state index contributed by atoms with van der Waals surface area (Å²) < 4.78 is 5.17. The molecule has 2 amide bonds. The van der Waals surface area contributed by atoms with Crippen LogP contribution in [0.5, 0.6) is 5.75 Å². The van der Waals surface area contributed by atoms with E-state index in [-0.39, 0.29) is 24.8 Å². The van der Waals surface area contributed by atoms with Crippen LogP contribution in [0.15, 0.2) is 42.5 Å². The second kappa shape index (κ2) is 11.2. The summed E-state index contributed by atoms with van der Waals surface area (Å²) in [6, 6.07) is 11.9. The standard InChI is InChI=1S/C23H28Cl2N2O3/c1-15(2)13-26-23(29)16(3)27(14-18-7-10-20(24)21(25)11-18)22(28)12-17-5-8-19(30-4)9-6-17/h5-11,15-16H,12-14H2,1-4H3,(H,26,29). The van der Waals surface area contributed by atoms with Gasteiger partial charge in [-0.2, -0.15) is 0 Å². The lowest BCUT2D eigenvalue weighted by Gasteiger charge is -2.29. The van der Waals surface area contributed by atoms with E-state index in [0.717, 1.165) is 16.9 Å². The number of rotatable bonds is 9. The van der Waals surface area contributed by atoms with Gasteiger partial charge in [0, 0.05) is 13.1 Å². The van der Waals surface area contributed by atoms with Crippen molar-refractivity contribution in [2.45, 2.75) is 39.8 Å². The van der Waals surface area contributed by atoms with Crippen molar-refractivity contribution < 1.29 is 14.3 Å². The SMILES string of the molecule is COc1ccc(CC(=O)N(Cc2ccc(Cl)c(Cl)c2)C(C)C(=O)NCC(C)C)cc1. The molecule has 0 saturated carbocycles. The Morgan fingerprint density at radius 3 is 2.20 bits per heavy atom. The Hall–Kier alpha value is -2.24. The molecule has 30 heavy (non-hydrogen) atoms. The summed E-state index contributed by atoms with van der Waals surface area (Å²) in [7, 11) is 1.59. The number of nitrogens with one attached hydrogen (secondary N) is 1. The van der Waals surface area contributed by atoms with Crippen molar-refractivity contribution in [2.75, 3.05) is 13.7 Å². The third-order valence-corrected chi connectivity index (χ3v) is 5.44. The number of carbonyl (C=O) groups is 2. The van der Waals surface area contributed by atoms with E-state index in [2.05, 4.69) is 5.32 Å². The molecule has 0 bridgehead atoms. The first kappa shape index (κ1) is 24.0. The van der Waals surface area contributed by atoms with Crippen LogP contribution in [0.1, 0.15) is 31.9 Å². The first-order chi connectivity index (χ1) is 14.2. The number of carbonyl (C=O) groups excluding carboxylic acids is 2. The molecule has 2 rings (SSSR count). The van der Waals surface area contributed by atoms with Gasteiger partial charge in [0.25, 0.3) is 0 Å². The highest BCUT2D eigenvalue weighted by molar-refractivity contribution is 6.42. The molecule has 0 aliphatic rings. The van der Waals surface area contributed by atoms with Crippen molar-refractivity contribution in [2.24, 2.45) is 5.92 Å². The number of amides is 2. The van der Waals surface area contributed by atoms with Crippen LogP contribution in [-0.2, 0) is 22.6 Å². The number of nitrogens with zero attached hydrogens (tertiary/aromatic N) is 1. The van der Waals surface area contributed by atoms with Crippen LogP contribution in [-0.4, -0.2) is 36.4 Å². The van der Waals surface area contributed by atoms with E-state index in [1.165, 1.54) is 0 Å². The summed E-state index contributed by atoms with van der Waals surface area (Å²) in [6.45, 7) is 6.58. The average molecular weight is 451 g/mol. The van der Waals surface area contributed by atoms with Crippen LogP contribution in [0.2, 0.25) is 10.0 Å². The van der Waals surface area contributed by atoms with Gasteiger partial charge < -0.3 is 15.0 Å². The van der Waals surface area contributed by atoms with Crippen LogP contribution in [0.4, 0.5) is 0 Å². The smallest absolute Gasteiger partial charge is 0.242 e. The monoisotopic (exact) mass is 450 g/mol. The number of ether oxygens (including phenoxy) is 1. The van der Waals surface area contributed by atoms with Gasteiger partial charge in [-0.25, -0.2) is 0 Å². The van der Waals surface area contributed by atoms with Crippen LogP contribution in [0.3, 0.4) is 0 Å². The van der Waals surface area contributed by atoms with Crippen LogP contribution < -0.4 is 10.1 Å². The molecule has 0 spiro atoms. The Morgan fingerprint density at radius 1 is 1.00 bits per heavy atom. The molecule has 0 fully saturated rings. The Bertz CT molecular complexity index is 869. The molecule has 0 saturated heterocycles. The second-order valence-electron chi connectivity index (χ2n) is 7.61. The zero-order valence-electron chi connectivity index (χ0n) is 17.7. The van der Waals surface area contributed by atoms with Crippen LogP contribution in [0.25, 0.3) is 0 Å². The Balaban J connectivity index is 2.22. The van der Waals surface area contributed by atoms with Gasteiger partial charge in [0.05, 0.1) is 23.6 Å². The fraction of sp³-hybridized carbons (Fsp3) is 0.391. The van der Waals surface area contributed by atoms with Gasteiger partial charge in [0.2, 0.25) is 11.8 Å². The molecule has 0 aliphatic heterocycles. The minimum absolute atomic E-state index is 0.154.